The number of anilines is 1. The van der Waals surface area contributed by atoms with Crippen LogP contribution in [0.1, 0.15) is 36.8 Å². The average molecular weight is 297 g/mol. The van der Waals surface area contributed by atoms with Gasteiger partial charge in [-0.15, -0.1) is 0 Å². The first-order valence-corrected chi connectivity index (χ1v) is 7.54. The molecule has 0 aliphatic heterocycles. The van der Waals surface area contributed by atoms with E-state index in [0.717, 1.165) is 42.0 Å². The van der Waals surface area contributed by atoms with Gasteiger partial charge in [-0.3, -0.25) is 4.79 Å². The Morgan fingerprint density at radius 1 is 1.14 bits per heavy atom. The van der Waals surface area contributed by atoms with Gasteiger partial charge in [0, 0.05) is 18.2 Å². The van der Waals surface area contributed by atoms with Gasteiger partial charge in [0.05, 0.1) is 5.69 Å². The highest BCUT2D eigenvalue weighted by molar-refractivity contribution is 5.88. The Bertz CT molecular complexity index is 696. The standard InChI is InChI=1S/C17H19N3O2/c1-11-18-16-6-4-3-5-15(16)17(19-11)22-14-9-7-13(8-10-14)20-12(2)21/h7-10H,3-6H2,1-2H3,(H,20,21). The lowest BCUT2D eigenvalue weighted by atomic mass is 9.97. The molecule has 5 nitrogen and oxygen atoms in total. The van der Waals surface area contributed by atoms with Crippen LogP contribution in [0.5, 0.6) is 11.6 Å². The third-order valence-electron chi connectivity index (χ3n) is 3.65. The number of nitrogens with zero attached hydrogens (tertiary/aromatic N) is 2. The molecular formula is C17H19N3O2. The van der Waals surface area contributed by atoms with Gasteiger partial charge >= 0.3 is 0 Å². The van der Waals surface area contributed by atoms with Gasteiger partial charge in [-0.05, 0) is 56.9 Å². The first-order valence-electron chi connectivity index (χ1n) is 7.54. The second kappa shape index (κ2) is 6.13. The van der Waals surface area contributed by atoms with E-state index in [1.165, 1.54) is 13.3 Å². The van der Waals surface area contributed by atoms with Crippen molar-refractivity contribution in [1.82, 2.24) is 9.97 Å². The first-order chi connectivity index (χ1) is 10.6. The highest BCUT2D eigenvalue weighted by atomic mass is 16.5. The number of hydrogen-bond donors (Lipinski definition) is 1. The molecule has 0 spiro atoms. The number of aryl methyl sites for hydroxylation is 2. The van der Waals surface area contributed by atoms with Gasteiger partial charge in [-0.1, -0.05) is 0 Å². The molecular weight excluding hydrogens is 278 g/mol. The molecule has 1 amide bonds. The van der Waals surface area contributed by atoms with Crippen LogP contribution in [0.25, 0.3) is 0 Å². The topological polar surface area (TPSA) is 64.1 Å². The van der Waals surface area contributed by atoms with Gasteiger partial charge in [0.25, 0.3) is 0 Å². The quantitative estimate of drug-likeness (QED) is 0.943. The Hall–Kier alpha value is -2.43. The number of amides is 1. The van der Waals surface area contributed by atoms with Crippen molar-refractivity contribution in [2.75, 3.05) is 5.32 Å². The van der Waals surface area contributed by atoms with E-state index in [1.54, 1.807) is 0 Å². The van der Waals surface area contributed by atoms with Crippen molar-refractivity contribution in [1.29, 1.82) is 0 Å². The van der Waals surface area contributed by atoms with Gasteiger partial charge in [0.2, 0.25) is 11.8 Å². The third-order valence-corrected chi connectivity index (χ3v) is 3.65. The van der Waals surface area contributed by atoms with Crippen LogP contribution in [0, 0.1) is 6.92 Å². The fraction of sp³-hybridized carbons (Fsp3) is 0.353. The second-order valence-electron chi connectivity index (χ2n) is 5.52. The van der Waals surface area contributed by atoms with Crippen LogP contribution >= 0.6 is 0 Å². The van der Waals surface area contributed by atoms with E-state index in [-0.39, 0.29) is 5.91 Å². The number of rotatable bonds is 3. The minimum atomic E-state index is -0.0887. The number of hydrogen-bond acceptors (Lipinski definition) is 4. The third kappa shape index (κ3) is 3.24. The molecule has 1 aliphatic carbocycles. The van der Waals surface area contributed by atoms with E-state index in [0.29, 0.717) is 11.6 Å². The lowest BCUT2D eigenvalue weighted by molar-refractivity contribution is -0.114. The Kier molecular flexibility index (Phi) is 4.04. The van der Waals surface area contributed by atoms with Crippen molar-refractivity contribution in [3.05, 3.63) is 41.3 Å². The predicted molar refractivity (Wildman–Crippen MR) is 84.2 cm³/mol. The van der Waals surface area contributed by atoms with Crippen molar-refractivity contribution >= 4 is 11.6 Å². The van der Waals surface area contributed by atoms with Crippen molar-refractivity contribution < 1.29 is 9.53 Å². The maximum Gasteiger partial charge on any atom is 0.225 e. The lowest BCUT2D eigenvalue weighted by Gasteiger charge is -2.18. The molecule has 2 aromatic rings. The maximum absolute atomic E-state index is 11.0. The summed E-state index contributed by atoms with van der Waals surface area (Å²) in [4.78, 5) is 20.0. The smallest absolute Gasteiger partial charge is 0.225 e. The van der Waals surface area contributed by atoms with Crippen LogP contribution in [0.2, 0.25) is 0 Å². The van der Waals surface area contributed by atoms with Crippen LogP contribution in [-0.2, 0) is 17.6 Å². The van der Waals surface area contributed by atoms with Crippen LogP contribution in [0.15, 0.2) is 24.3 Å². The lowest BCUT2D eigenvalue weighted by Crippen LogP contribution is -2.10. The fourth-order valence-corrected chi connectivity index (χ4v) is 2.68. The number of ether oxygens (including phenoxy) is 1. The van der Waals surface area contributed by atoms with Gasteiger partial charge in [-0.25, -0.2) is 4.98 Å². The zero-order valence-corrected chi connectivity index (χ0v) is 12.8. The second-order valence-corrected chi connectivity index (χ2v) is 5.52. The number of fused-ring (bicyclic) bond motifs is 1. The van der Waals surface area contributed by atoms with Crippen LogP contribution in [-0.4, -0.2) is 15.9 Å². The van der Waals surface area contributed by atoms with Crippen LogP contribution in [0.3, 0.4) is 0 Å². The van der Waals surface area contributed by atoms with Gasteiger partial charge in [0.1, 0.15) is 11.6 Å². The van der Waals surface area contributed by atoms with Crippen molar-refractivity contribution in [3.8, 4) is 11.6 Å². The summed E-state index contributed by atoms with van der Waals surface area (Å²) in [5, 5.41) is 2.73. The molecule has 0 radical (unpaired) electrons. The number of aromatic nitrogens is 2. The van der Waals surface area contributed by atoms with E-state index >= 15 is 0 Å². The summed E-state index contributed by atoms with van der Waals surface area (Å²) in [6.45, 7) is 3.38. The maximum atomic E-state index is 11.0. The molecule has 1 heterocycles. The molecule has 5 heteroatoms. The Morgan fingerprint density at radius 3 is 2.59 bits per heavy atom. The molecule has 0 unspecified atom stereocenters. The summed E-state index contributed by atoms with van der Waals surface area (Å²) in [6, 6.07) is 7.30. The van der Waals surface area contributed by atoms with E-state index in [9.17, 15) is 4.79 Å². The normalized spacial score (nSPS) is 13.4. The number of carbonyl (C=O) groups excluding carboxylic acids is 1. The molecule has 1 N–H and O–H groups in total. The summed E-state index contributed by atoms with van der Waals surface area (Å²) in [7, 11) is 0. The zero-order valence-electron chi connectivity index (χ0n) is 12.8. The molecule has 3 rings (SSSR count). The fourth-order valence-electron chi connectivity index (χ4n) is 2.68. The monoisotopic (exact) mass is 297 g/mol. The van der Waals surface area contributed by atoms with Crippen molar-refractivity contribution in [2.24, 2.45) is 0 Å². The largest absolute Gasteiger partial charge is 0.439 e. The summed E-state index contributed by atoms with van der Waals surface area (Å²) in [6.07, 6.45) is 4.29. The van der Waals surface area contributed by atoms with Gasteiger partial charge in [0.15, 0.2) is 0 Å². The van der Waals surface area contributed by atoms with E-state index in [2.05, 4.69) is 15.3 Å². The predicted octanol–water partition coefficient (Wildman–Crippen LogP) is 3.41. The van der Waals surface area contributed by atoms with Crippen LogP contribution in [0.4, 0.5) is 5.69 Å². The van der Waals surface area contributed by atoms with Crippen molar-refractivity contribution in [2.45, 2.75) is 39.5 Å². The summed E-state index contributed by atoms with van der Waals surface area (Å²) in [5.41, 5.74) is 2.99. The van der Waals surface area contributed by atoms with E-state index in [4.69, 9.17) is 4.74 Å². The number of benzene rings is 1. The highest BCUT2D eigenvalue weighted by Crippen LogP contribution is 2.30. The van der Waals surface area contributed by atoms with E-state index < -0.39 is 0 Å². The molecule has 0 atom stereocenters. The van der Waals surface area contributed by atoms with Crippen LogP contribution < -0.4 is 10.1 Å². The molecule has 0 saturated carbocycles. The van der Waals surface area contributed by atoms with Gasteiger partial charge < -0.3 is 10.1 Å². The molecule has 0 fully saturated rings. The number of carbonyl (C=O) groups is 1. The average Bonchev–Trinajstić information content (AvgIpc) is 2.48. The Labute approximate surface area is 129 Å². The Balaban J connectivity index is 1.83. The molecule has 1 aliphatic rings. The summed E-state index contributed by atoms with van der Waals surface area (Å²) >= 11 is 0. The minimum absolute atomic E-state index is 0.0887. The first kappa shape index (κ1) is 14.5. The summed E-state index contributed by atoms with van der Waals surface area (Å²) < 4.78 is 5.95. The molecule has 114 valence electrons. The molecule has 1 aromatic carbocycles. The van der Waals surface area contributed by atoms with Crippen molar-refractivity contribution in [3.63, 3.8) is 0 Å². The highest BCUT2D eigenvalue weighted by Gasteiger charge is 2.18. The van der Waals surface area contributed by atoms with E-state index in [1.807, 2.05) is 31.2 Å². The molecule has 0 bridgehead atoms. The molecule has 0 saturated heterocycles. The molecule has 22 heavy (non-hydrogen) atoms. The molecule has 1 aromatic heterocycles. The number of nitrogens with one attached hydrogen (secondary N) is 1. The minimum Gasteiger partial charge on any atom is -0.439 e. The zero-order chi connectivity index (χ0) is 15.5. The summed E-state index contributed by atoms with van der Waals surface area (Å²) in [5.74, 6) is 2.02. The Morgan fingerprint density at radius 2 is 1.86 bits per heavy atom. The van der Waals surface area contributed by atoms with Gasteiger partial charge in [-0.2, -0.15) is 4.98 Å². The SMILES string of the molecule is CC(=O)Nc1ccc(Oc2nc(C)nc3c2CCCC3)cc1.